The summed E-state index contributed by atoms with van der Waals surface area (Å²) in [6, 6.07) is 3.53. The molecule has 0 fully saturated rings. The summed E-state index contributed by atoms with van der Waals surface area (Å²) >= 11 is 12.3. The van der Waals surface area contributed by atoms with E-state index in [4.69, 9.17) is 23.2 Å². The second kappa shape index (κ2) is 8.21. The molecule has 1 N–H and O–H groups in total. The third kappa shape index (κ3) is 4.39. The molecule has 8 heteroatoms. The van der Waals surface area contributed by atoms with Crippen LogP contribution in [0.4, 0.5) is 5.82 Å². The summed E-state index contributed by atoms with van der Waals surface area (Å²) in [5.41, 5.74) is 1.95. The van der Waals surface area contributed by atoms with Gasteiger partial charge in [0, 0.05) is 18.4 Å². The van der Waals surface area contributed by atoms with E-state index in [1.807, 2.05) is 32.1 Å². The van der Waals surface area contributed by atoms with Gasteiger partial charge >= 0.3 is 0 Å². The molecule has 0 aliphatic heterocycles. The molecule has 2 heterocycles. The number of unbranched alkanes of at least 4 members (excludes halogenated alkanes) is 2. The minimum Gasteiger partial charge on any atom is -0.367 e. The predicted octanol–water partition coefficient (Wildman–Crippen LogP) is 5.48. The fourth-order valence-electron chi connectivity index (χ4n) is 3.06. The molecule has 150 valence electrons. The van der Waals surface area contributed by atoms with E-state index in [9.17, 15) is 4.79 Å². The number of nitrogens with one attached hydrogen (secondary N) is 1. The van der Waals surface area contributed by atoms with E-state index in [0.29, 0.717) is 33.7 Å². The standard InChI is InChI=1S/C20H25Cl2N5O/c1-12-25-26-19-18(23-9-7-5-6-8-17(28)20(2,3)4)24-15-10-13(21)14(22)11-16(15)27(12)19/h10-11H,5-9H2,1-4H3,(H,23,24). The molecule has 0 aliphatic rings. The lowest BCUT2D eigenvalue weighted by molar-refractivity contribution is -0.126. The number of hydrogen-bond acceptors (Lipinski definition) is 5. The van der Waals surface area contributed by atoms with Gasteiger partial charge in [0.15, 0.2) is 5.82 Å². The van der Waals surface area contributed by atoms with E-state index in [1.54, 1.807) is 12.1 Å². The second-order valence-electron chi connectivity index (χ2n) is 8.03. The lowest BCUT2D eigenvalue weighted by atomic mass is 9.88. The average Bonchev–Trinajstić information content (AvgIpc) is 3.00. The number of carbonyl (C=O) groups excluding carboxylic acids is 1. The van der Waals surface area contributed by atoms with Crippen molar-refractivity contribution in [2.75, 3.05) is 11.9 Å². The van der Waals surface area contributed by atoms with Crippen LogP contribution in [-0.4, -0.2) is 31.9 Å². The van der Waals surface area contributed by atoms with Crippen LogP contribution in [-0.2, 0) is 4.79 Å². The number of benzene rings is 1. The average molecular weight is 422 g/mol. The molecule has 1 aromatic carbocycles. The van der Waals surface area contributed by atoms with Gasteiger partial charge in [-0.15, -0.1) is 10.2 Å². The molecule has 28 heavy (non-hydrogen) atoms. The van der Waals surface area contributed by atoms with Crippen LogP contribution in [0.25, 0.3) is 16.7 Å². The van der Waals surface area contributed by atoms with Gasteiger partial charge < -0.3 is 5.32 Å². The van der Waals surface area contributed by atoms with Gasteiger partial charge in [-0.2, -0.15) is 0 Å². The molecule has 6 nitrogen and oxygen atoms in total. The maximum absolute atomic E-state index is 12.0. The normalized spacial score (nSPS) is 12.1. The van der Waals surface area contributed by atoms with Crippen LogP contribution in [0.15, 0.2) is 12.1 Å². The van der Waals surface area contributed by atoms with Gasteiger partial charge in [-0.1, -0.05) is 50.4 Å². The number of anilines is 1. The molecule has 0 spiro atoms. The Morgan fingerprint density at radius 2 is 1.82 bits per heavy atom. The molecule has 0 bridgehead atoms. The molecule has 0 amide bonds. The minimum atomic E-state index is -0.255. The zero-order valence-corrected chi connectivity index (χ0v) is 18.2. The highest BCUT2D eigenvalue weighted by atomic mass is 35.5. The first-order chi connectivity index (χ1) is 13.2. The van der Waals surface area contributed by atoms with E-state index in [1.165, 1.54) is 0 Å². The van der Waals surface area contributed by atoms with Gasteiger partial charge in [0.2, 0.25) is 5.65 Å². The lowest BCUT2D eigenvalue weighted by Crippen LogP contribution is -2.19. The fourth-order valence-corrected chi connectivity index (χ4v) is 3.37. The molecule has 0 atom stereocenters. The van der Waals surface area contributed by atoms with E-state index in [2.05, 4.69) is 20.5 Å². The third-order valence-electron chi connectivity index (χ3n) is 4.74. The molecule has 3 rings (SSSR count). The Morgan fingerprint density at radius 3 is 2.54 bits per heavy atom. The van der Waals surface area contributed by atoms with Crippen molar-refractivity contribution >= 4 is 51.5 Å². The van der Waals surface area contributed by atoms with Crippen molar-refractivity contribution < 1.29 is 4.79 Å². The monoisotopic (exact) mass is 421 g/mol. The number of aryl methyl sites for hydroxylation is 1. The van der Waals surface area contributed by atoms with Gasteiger partial charge in [0.25, 0.3) is 0 Å². The summed E-state index contributed by atoms with van der Waals surface area (Å²) in [5.74, 6) is 1.73. The number of rotatable bonds is 7. The first-order valence-corrected chi connectivity index (χ1v) is 10.2. The lowest BCUT2D eigenvalue weighted by Gasteiger charge is -2.16. The van der Waals surface area contributed by atoms with E-state index in [0.717, 1.165) is 42.7 Å². The topological polar surface area (TPSA) is 72.2 Å². The summed E-state index contributed by atoms with van der Waals surface area (Å²) < 4.78 is 1.93. The highest BCUT2D eigenvalue weighted by Gasteiger charge is 2.20. The van der Waals surface area contributed by atoms with E-state index in [-0.39, 0.29) is 5.41 Å². The molecule has 3 aromatic rings. The molecule has 0 unspecified atom stereocenters. The van der Waals surface area contributed by atoms with Crippen LogP contribution < -0.4 is 5.32 Å². The maximum Gasteiger partial charge on any atom is 0.204 e. The van der Waals surface area contributed by atoms with Gasteiger partial charge in [0.05, 0.1) is 21.1 Å². The molecule has 0 saturated carbocycles. The Morgan fingerprint density at radius 1 is 1.11 bits per heavy atom. The van der Waals surface area contributed by atoms with E-state index >= 15 is 0 Å². The molecule has 0 aliphatic carbocycles. The largest absolute Gasteiger partial charge is 0.367 e. The van der Waals surface area contributed by atoms with Crippen molar-refractivity contribution in [2.45, 2.75) is 53.4 Å². The summed E-state index contributed by atoms with van der Waals surface area (Å²) in [5, 5.41) is 12.7. The summed E-state index contributed by atoms with van der Waals surface area (Å²) in [6.07, 6.45) is 3.45. The molecular weight excluding hydrogens is 397 g/mol. The number of aromatic nitrogens is 4. The van der Waals surface area contributed by atoms with Crippen LogP contribution in [0.2, 0.25) is 10.0 Å². The SMILES string of the molecule is Cc1nnc2c(NCCCCCC(=O)C(C)(C)C)nc3cc(Cl)c(Cl)cc3n12. The maximum atomic E-state index is 12.0. The van der Waals surface area contributed by atoms with E-state index < -0.39 is 0 Å². The minimum absolute atomic E-state index is 0.255. The first kappa shape index (κ1) is 20.8. The molecular formula is C20H25Cl2N5O. The van der Waals surface area contributed by atoms with Crippen LogP contribution in [0.3, 0.4) is 0 Å². The first-order valence-electron chi connectivity index (χ1n) is 9.46. The number of ketones is 1. The smallest absolute Gasteiger partial charge is 0.204 e. The van der Waals surface area contributed by atoms with Gasteiger partial charge in [-0.25, -0.2) is 4.98 Å². The van der Waals surface area contributed by atoms with Crippen molar-refractivity contribution in [1.29, 1.82) is 0 Å². The number of nitrogens with zero attached hydrogens (tertiary/aromatic N) is 4. The van der Waals surface area contributed by atoms with Gasteiger partial charge in [-0.3, -0.25) is 9.20 Å². The Labute approximate surface area is 174 Å². The Hall–Kier alpha value is -1.92. The molecule has 0 radical (unpaired) electrons. The van der Waals surface area contributed by atoms with Crippen molar-refractivity contribution in [2.24, 2.45) is 5.41 Å². The number of carbonyl (C=O) groups is 1. The van der Waals surface area contributed by atoms with Crippen molar-refractivity contribution in [1.82, 2.24) is 19.6 Å². The van der Waals surface area contributed by atoms with Crippen LogP contribution >= 0.6 is 23.2 Å². The zero-order chi connectivity index (χ0) is 20.5. The number of fused-ring (bicyclic) bond motifs is 3. The predicted molar refractivity (Wildman–Crippen MR) is 114 cm³/mol. The van der Waals surface area contributed by atoms with Crippen molar-refractivity contribution in [3.63, 3.8) is 0 Å². The van der Waals surface area contributed by atoms with Gasteiger partial charge in [-0.05, 0) is 31.9 Å². The Balaban J connectivity index is 1.69. The fraction of sp³-hybridized carbons (Fsp3) is 0.500. The zero-order valence-electron chi connectivity index (χ0n) is 16.6. The Bertz CT molecular complexity index is 1020. The Kier molecular flexibility index (Phi) is 6.10. The number of Topliss-reactive ketones (excluding diaryl/α,β-unsaturated/α-hetero) is 1. The van der Waals surface area contributed by atoms with Crippen LogP contribution in [0, 0.1) is 12.3 Å². The van der Waals surface area contributed by atoms with Crippen LogP contribution in [0.1, 0.15) is 52.3 Å². The highest BCUT2D eigenvalue weighted by Crippen LogP contribution is 2.29. The van der Waals surface area contributed by atoms with Crippen LogP contribution in [0.5, 0.6) is 0 Å². The second-order valence-corrected chi connectivity index (χ2v) is 8.85. The molecule has 2 aromatic heterocycles. The van der Waals surface area contributed by atoms with Gasteiger partial charge in [0.1, 0.15) is 11.6 Å². The third-order valence-corrected chi connectivity index (χ3v) is 5.46. The quantitative estimate of drug-likeness (QED) is 0.511. The summed E-state index contributed by atoms with van der Waals surface area (Å²) in [7, 11) is 0. The molecule has 0 saturated heterocycles. The number of hydrogen-bond donors (Lipinski definition) is 1. The summed E-state index contributed by atoms with van der Waals surface area (Å²) in [6.45, 7) is 8.53. The summed E-state index contributed by atoms with van der Waals surface area (Å²) in [4.78, 5) is 16.6. The number of halogens is 2. The highest BCUT2D eigenvalue weighted by molar-refractivity contribution is 6.42. The van der Waals surface area contributed by atoms with Crippen molar-refractivity contribution in [3.05, 3.63) is 28.0 Å². The van der Waals surface area contributed by atoms with Crippen molar-refractivity contribution in [3.8, 4) is 0 Å².